The van der Waals surface area contributed by atoms with E-state index in [1.807, 2.05) is 19.9 Å². The summed E-state index contributed by atoms with van der Waals surface area (Å²) >= 11 is 3.43. The predicted octanol–water partition coefficient (Wildman–Crippen LogP) is 3.68. The topological polar surface area (TPSA) is 46.2 Å². The van der Waals surface area contributed by atoms with Gasteiger partial charge in [-0.05, 0) is 49.9 Å². The highest BCUT2D eigenvalue weighted by molar-refractivity contribution is 9.10. The van der Waals surface area contributed by atoms with Crippen molar-refractivity contribution in [3.63, 3.8) is 0 Å². The number of benzene rings is 1. The molecule has 1 fully saturated rings. The van der Waals surface area contributed by atoms with Gasteiger partial charge in [0.2, 0.25) is 10.0 Å². The van der Waals surface area contributed by atoms with E-state index in [1.165, 1.54) is 6.42 Å². The Morgan fingerprint density at radius 3 is 2.37 bits per heavy atom. The Kier molecular flexibility index (Phi) is 4.69. The molecule has 0 saturated heterocycles. The Morgan fingerprint density at radius 2 is 1.74 bits per heavy atom. The molecule has 0 radical (unpaired) electrons. The van der Waals surface area contributed by atoms with Gasteiger partial charge >= 0.3 is 0 Å². The van der Waals surface area contributed by atoms with Crippen molar-refractivity contribution in [2.75, 3.05) is 0 Å². The van der Waals surface area contributed by atoms with Crippen molar-refractivity contribution < 1.29 is 8.42 Å². The van der Waals surface area contributed by atoms with E-state index >= 15 is 0 Å². The van der Waals surface area contributed by atoms with Crippen LogP contribution in [-0.2, 0) is 10.0 Å². The first-order valence-electron chi connectivity index (χ1n) is 6.69. The van der Waals surface area contributed by atoms with E-state index in [2.05, 4.69) is 20.7 Å². The lowest BCUT2D eigenvalue weighted by molar-refractivity contribution is 0.412. The minimum atomic E-state index is -3.40. The lowest BCUT2D eigenvalue weighted by Gasteiger charge is -2.23. The van der Waals surface area contributed by atoms with Gasteiger partial charge in [-0.25, -0.2) is 13.1 Å². The lowest BCUT2D eigenvalue weighted by Crippen LogP contribution is -2.36. The molecule has 0 spiro atoms. The van der Waals surface area contributed by atoms with Crippen molar-refractivity contribution in [1.29, 1.82) is 0 Å². The molecular weight excluding hydrogens is 326 g/mol. The molecule has 1 saturated carbocycles. The fraction of sp³-hybridized carbons (Fsp3) is 0.571. The SMILES string of the molecule is Cc1cc(S(=O)(=O)NC2CCCCC2)c(C)cc1Br. The standard InChI is InChI=1S/C14H20BrNO2S/c1-10-9-14(11(2)8-13(10)15)19(17,18)16-12-6-4-3-5-7-12/h8-9,12,16H,3-7H2,1-2H3. The van der Waals surface area contributed by atoms with Crippen LogP contribution in [0.4, 0.5) is 0 Å². The van der Waals surface area contributed by atoms with Crippen LogP contribution in [0.25, 0.3) is 0 Å². The number of hydrogen-bond donors (Lipinski definition) is 1. The molecule has 1 N–H and O–H groups in total. The number of halogens is 1. The molecule has 0 amide bonds. The van der Waals surface area contributed by atoms with E-state index in [-0.39, 0.29) is 6.04 Å². The van der Waals surface area contributed by atoms with Gasteiger partial charge in [0.15, 0.2) is 0 Å². The van der Waals surface area contributed by atoms with E-state index in [9.17, 15) is 8.42 Å². The minimum absolute atomic E-state index is 0.0992. The summed E-state index contributed by atoms with van der Waals surface area (Å²) in [6.07, 6.45) is 5.35. The first kappa shape index (κ1) is 15.0. The maximum atomic E-state index is 12.5. The van der Waals surface area contributed by atoms with Crippen molar-refractivity contribution in [2.45, 2.75) is 56.9 Å². The van der Waals surface area contributed by atoms with E-state index < -0.39 is 10.0 Å². The molecule has 0 unspecified atom stereocenters. The number of nitrogens with one attached hydrogen (secondary N) is 1. The third-order valence-corrected chi connectivity index (χ3v) is 6.19. The van der Waals surface area contributed by atoms with Crippen LogP contribution in [0.15, 0.2) is 21.5 Å². The molecular formula is C14H20BrNO2S. The number of aryl methyl sites for hydroxylation is 2. The summed E-state index contributed by atoms with van der Waals surface area (Å²) in [5.41, 5.74) is 1.72. The van der Waals surface area contributed by atoms with E-state index in [1.54, 1.807) is 6.07 Å². The van der Waals surface area contributed by atoms with Gasteiger partial charge in [0, 0.05) is 10.5 Å². The van der Waals surface area contributed by atoms with Crippen LogP contribution in [0.1, 0.15) is 43.2 Å². The number of sulfonamides is 1. The predicted molar refractivity (Wildman–Crippen MR) is 80.8 cm³/mol. The molecule has 0 aliphatic heterocycles. The molecule has 0 bridgehead atoms. The Balaban J connectivity index is 2.26. The molecule has 2 rings (SSSR count). The zero-order chi connectivity index (χ0) is 14.0. The smallest absolute Gasteiger partial charge is 0.208 e. The van der Waals surface area contributed by atoms with Crippen LogP contribution < -0.4 is 4.72 Å². The Labute approximate surface area is 124 Å². The molecule has 0 aromatic heterocycles. The quantitative estimate of drug-likeness (QED) is 0.908. The highest BCUT2D eigenvalue weighted by Crippen LogP contribution is 2.25. The summed E-state index contributed by atoms with van der Waals surface area (Å²) in [6, 6.07) is 3.71. The van der Waals surface area contributed by atoms with Gasteiger partial charge < -0.3 is 0 Å². The second kappa shape index (κ2) is 5.94. The number of rotatable bonds is 3. The second-order valence-electron chi connectivity index (χ2n) is 5.32. The molecule has 1 aliphatic carbocycles. The minimum Gasteiger partial charge on any atom is -0.208 e. The van der Waals surface area contributed by atoms with Gasteiger partial charge in [0.25, 0.3) is 0 Å². The Morgan fingerprint density at radius 1 is 1.11 bits per heavy atom. The summed E-state index contributed by atoms with van der Waals surface area (Å²) in [4.78, 5) is 0.402. The maximum absolute atomic E-state index is 12.5. The molecule has 0 heterocycles. The van der Waals surface area contributed by atoms with Crippen molar-refractivity contribution in [2.24, 2.45) is 0 Å². The molecule has 1 aromatic carbocycles. The zero-order valence-electron chi connectivity index (χ0n) is 11.4. The first-order chi connectivity index (χ1) is 8.90. The molecule has 3 nitrogen and oxygen atoms in total. The third kappa shape index (κ3) is 3.58. The van der Waals surface area contributed by atoms with Crippen LogP contribution in [-0.4, -0.2) is 14.5 Å². The van der Waals surface area contributed by atoms with Crippen molar-refractivity contribution in [1.82, 2.24) is 4.72 Å². The van der Waals surface area contributed by atoms with Gasteiger partial charge in [-0.1, -0.05) is 35.2 Å². The van der Waals surface area contributed by atoms with E-state index in [0.717, 1.165) is 41.3 Å². The fourth-order valence-electron chi connectivity index (χ4n) is 2.55. The highest BCUT2D eigenvalue weighted by atomic mass is 79.9. The third-order valence-electron chi connectivity index (χ3n) is 3.67. The van der Waals surface area contributed by atoms with Gasteiger partial charge in [-0.15, -0.1) is 0 Å². The largest absolute Gasteiger partial charge is 0.241 e. The number of hydrogen-bond acceptors (Lipinski definition) is 2. The van der Waals surface area contributed by atoms with Crippen LogP contribution in [0.2, 0.25) is 0 Å². The fourth-order valence-corrected chi connectivity index (χ4v) is 4.62. The van der Waals surface area contributed by atoms with Gasteiger partial charge in [-0.2, -0.15) is 0 Å². The van der Waals surface area contributed by atoms with E-state index in [0.29, 0.717) is 4.90 Å². The summed E-state index contributed by atoms with van der Waals surface area (Å²) in [6.45, 7) is 3.74. The average Bonchev–Trinajstić information content (AvgIpc) is 2.34. The van der Waals surface area contributed by atoms with E-state index in [4.69, 9.17) is 0 Å². The summed E-state index contributed by atoms with van der Waals surface area (Å²) in [5.74, 6) is 0. The molecule has 19 heavy (non-hydrogen) atoms. The lowest BCUT2D eigenvalue weighted by atomic mass is 9.96. The molecule has 5 heteroatoms. The van der Waals surface area contributed by atoms with Crippen LogP contribution in [0.3, 0.4) is 0 Å². The molecule has 0 atom stereocenters. The second-order valence-corrected chi connectivity index (χ2v) is 7.86. The maximum Gasteiger partial charge on any atom is 0.241 e. The summed E-state index contributed by atoms with van der Waals surface area (Å²) < 4.78 is 28.7. The van der Waals surface area contributed by atoms with Crippen LogP contribution in [0, 0.1) is 13.8 Å². The zero-order valence-corrected chi connectivity index (χ0v) is 13.8. The van der Waals surface area contributed by atoms with Crippen molar-refractivity contribution >= 4 is 26.0 Å². The average molecular weight is 346 g/mol. The first-order valence-corrected chi connectivity index (χ1v) is 8.97. The van der Waals surface area contributed by atoms with Gasteiger partial charge in [0.05, 0.1) is 4.90 Å². The Bertz CT molecular complexity index is 563. The van der Waals surface area contributed by atoms with Crippen molar-refractivity contribution in [3.05, 3.63) is 27.7 Å². The van der Waals surface area contributed by atoms with Gasteiger partial charge in [0.1, 0.15) is 0 Å². The Hall–Kier alpha value is -0.390. The molecule has 106 valence electrons. The van der Waals surface area contributed by atoms with Crippen LogP contribution >= 0.6 is 15.9 Å². The molecule has 1 aromatic rings. The summed E-state index contributed by atoms with van der Waals surface area (Å²) in [7, 11) is -3.40. The normalized spacial score (nSPS) is 17.6. The molecule has 1 aliphatic rings. The van der Waals surface area contributed by atoms with Gasteiger partial charge in [-0.3, -0.25) is 0 Å². The van der Waals surface area contributed by atoms with Crippen molar-refractivity contribution in [3.8, 4) is 0 Å². The van der Waals surface area contributed by atoms with Crippen LogP contribution in [0.5, 0.6) is 0 Å². The summed E-state index contributed by atoms with van der Waals surface area (Å²) in [5, 5.41) is 0. The highest BCUT2D eigenvalue weighted by Gasteiger charge is 2.23. The monoisotopic (exact) mass is 345 g/mol.